The van der Waals surface area contributed by atoms with E-state index in [1.165, 1.54) is 11.8 Å². The van der Waals surface area contributed by atoms with Crippen LogP contribution in [0.4, 0.5) is 5.69 Å². The number of aromatic nitrogens is 3. The average molecular weight is 450 g/mol. The maximum Gasteiger partial charge on any atom is 0.313 e. The Labute approximate surface area is 190 Å². The number of amides is 1. The van der Waals surface area contributed by atoms with Crippen molar-refractivity contribution in [2.24, 2.45) is 0 Å². The quantitative estimate of drug-likeness (QED) is 0.394. The Bertz CT molecular complexity index is 1120. The van der Waals surface area contributed by atoms with Crippen LogP contribution >= 0.6 is 11.8 Å². The van der Waals surface area contributed by atoms with Crippen LogP contribution in [-0.2, 0) is 27.3 Å². The van der Waals surface area contributed by atoms with E-state index in [0.29, 0.717) is 28.8 Å². The van der Waals surface area contributed by atoms with Crippen molar-refractivity contribution in [3.05, 3.63) is 71.5 Å². The zero-order valence-corrected chi connectivity index (χ0v) is 18.6. The molecule has 0 aliphatic heterocycles. The van der Waals surface area contributed by atoms with Gasteiger partial charge in [0.25, 0.3) is 0 Å². The number of carbonyl (C=O) groups excluding carboxylic acids is 2. The highest BCUT2D eigenvalue weighted by atomic mass is 32.2. The molecular formula is C23H23N5O3S. The Hall–Kier alpha value is -3.64. The molecule has 1 atom stereocenters. The van der Waals surface area contributed by atoms with Crippen LogP contribution < -0.4 is 5.32 Å². The fourth-order valence-corrected chi connectivity index (χ4v) is 3.79. The molecule has 2 aromatic carbocycles. The molecule has 1 N–H and O–H groups in total. The highest BCUT2D eigenvalue weighted by Crippen LogP contribution is 2.25. The van der Waals surface area contributed by atoms with Crippen molar-refractivity contribution in [3.63, 3.8) is 0 Å². The zero-order chi connectivity index (χ0) is 22.9. The third kappa shape index (κ3) is 6.18. The number of hydrogen-bond donors (Lipinski definition) is 1. The summed E-state index contributed by atoms with van der Waals surface area (Å²) in [7, 11) is 0. The molecule has 32 heavy (non-hydrogen) atoms. The maximum absolute atomic E-state index is 12.7. The fourth-order valence-electron chi connectivity index (χ4n) is 2.92. The lowest BCUT2D eigenvalue weighted by atomic mass is 10.2. The normalized spacial score (nSPS) is 11.4. The molecule has 0 aliphatic carbocycles. The SMILES string of the molecule is CCOC(=O)Cc1nnc(S[C@H](C)C(=O)Nc2cccc(C#N)c2)n1Cc1ccccc1. The van der Waals surface area contributed by atoms with Gasteiger partial charge in [-0.25, -0.2) is 0 Å². The van der Waals surface area contributed by atoms with Crippen molar-refractivity contribution in [2.45, 2.75) is 37.2 Å². The fraction of sp³-hybridized carbons (Fsp3) is 0.261. The third-order valence-electron chi connectivity index (χ3n) is 4.50. The second-order valence-corrected chi connectivity index (χ2v) is 8.20. The zero-order valence-electron chi connectivity index (χ0n) is 17.8. The van der Waals surface area contributed by atoms with Crippen LogP contribution in [0.25, 0.3) is 0 Å². The Morgan fingerprint density at radius 3 is 2.69 bits per heavy atom. The molecule has 0 bridgehead atoms. The van der Waals surface area contributed by atoms with Gasteiger partial charge in [-0.3, -0.25) is 9.59 Å². The molecule has 1 aromatic heterocycles. The van der Waals surface area contributed by atoms with Crippen LogP contribution in [0, 0.1) is 11.3 Å². The minimum Gasteiger partial charge on any atom is -0.466 e. The van der Waals surface area contributed by atoms with E-state index < -0.39 is 5.25 Å². The first-order valence-corrected chi connectivity index (χ1v) is 11.0. The predicted molar refractivity (Wildman–Crippen MR) is 121 cm³/mol. The van der Waals surface area contributed by atoms with Crippen LogP contribution in [0.3, 0.4) is 0 Å². The molecule has 1 heterocycles. The minimum absolute atomic E-state index is 0.00420. The lowest BCUT2D eigenvalue weighted by molar-refractivity contribution is -0.142. The minimum atomic E-state index is -0.491. The van der Waals surface area contributed by atoms with Crippen molar-refractivity contribution in [1.82, 2.24) is 14.8 Å². The van der Waals surface area contributed by atoms with Crippen molar-refractivity contribution in [1.29, 1.82) is 5.26 Å². The van der Waals surface area contributed by atoms with E-state index in [4.69, 9.17) is 10.00 Å². The van der Waals surface area contributed by atoms with E-state index in [9.17, 15) is 9.59 Å². The lowest BCUT2D eigenvalue weighted by Gasteiger charge is -2.14. The number of nitrogens with zero attached hydrogens (tertiary/aromatic N) is 4. The molecule has 0 fully saturated rings. The van der Waals surface area contributed by atoms with Crippen LogP contribution in [0.2, 0.25) is 0 Å². The number of carbonyl (C=O) groups is 2. The summed E-state index contributed by atoms with van der Waals surface area (Å²) in [5, 5.41) is 20.3. The van der Waals surface area contributed by atoms with E-state index in [-0.39, 0.29) is 24.9 Å². The molecule has 0 aliphatic rings. The first kappa shape index (κ1) is 23.0. The smallest absolute Gasteiger partial charge is 0.313 e. The van der Waals surface area contributed by atoms with Gasteiger partial charge in [0.15, 0.2) is 5.16 Å². The monoisotopic (exact) mass is 449 g/mol. The Kier molecular flexibility index (Phi) is 8.00. The highest BCUT2D eigenvalue weighted by molar-refractivity contribution is 8.00. The third-order valence-corrected chi connectivity index (χ3v) is 5.58. The first-order chi connectivity index (χ1) is 15.5. The molecule has 0 unspecified atom stereocenters. The Morgan fingerprint density at radius 2 is 1.97 bits per heavy atom. The molecule has 0 saturated carbocycles. The topological polar surface area (TPSA) is 110 Å². The summed E-state index contributed by atoms with van der Waals surface area (Å²) in [5.41, 5.74) is 2.04. The van der Waals surface area contributed by atoms with E-state index in [1.54, 1.807) is 38.1 Å². The molecule has 8 nitrogen and oxygen atoms in total. The number of benzene rings is 2. The highest BCUT2D eigenvalue weighted by Gasteiger charge is 2.22. The van der Waals surface area contributed by atoms with Crippen LogP contribution in [0.1, 0.15) is 30.8 Å². The number of anilines is 1. The lowest BCUT2D eigenvalue weighted by Crippen LogP contribution is -2.23. The van der Waals surface area contributed by atoms with E-state index in [0.717, 1.165) is 5.56 Å². The molecular weight excluding hydrogens is 426 g/mol. The van der Waals surface area contributed by atoms with Crippen LogP contribution in [0.5, 0.6) is 0 Å². The van der Waals surface area contributed by atoms with Crippen molar-refractivity contribution in [2.75, 3.05) is 11.9 Å². The van der Waals surface area contributed by atoms with Crippen molar-refractivity contribution >= 4 is 29.3 Å². The van der Waals surface area contributed by atoms with Crippen LogP contribution in [-0.4, -0.2) is 38.5 Å². The summed E-state index contributed by atoms with van der Waals surface area (Å²) >= 11 is 1.25. The van der Waals surface area contributed by atoms with Crippen LogP contribution in [0.15, 0.2) is 59.8 Å². The number of nitriles is 1. The summed E-state index contributed by atoms with van der Waals surface area (Å²) in [6.45, 7) is 4.27. The average Bonchev–Trinajstić information content (AvgIpc) is 3.15. The summed E-state index contributed by atoms with van der Waals surface area (Å²) in [5.74, 6) is -0.135. The van der Waals surface area contributed by atoms with Gasteiger partial charge >= 0.3 is 5.97 Å². The second-order valence-electron chi connectivity index (χ2n) is 6.89. The molecule has 3 aromatic rings. The van der Waals surface area contributed by atoms with Gasteiger partial charge in [-0.1, -0.05) is 48.2 Å². The Balaban J connectivity index is 1.77. The standard InChI is InChI=1S/C23H23N5O3S/c1-3-31-21(29)13-20-26-27-23(28(20)15-17-8-5-4-6-9-17)32-16(2)22(30)25-19-11-7-10-18(12-19)14-24/h4-12,16H,3,13,15H2,1-2H3,(H,25,30)/t16-/m1/s1. The largest absolute Gasteiger partial charge is 0.466 e. The number of hydrogen-bond acceptors (Lipinski definition) is 7. The summed E-state index contributed by atoms with van der Waals surface area (Å²) < 4.78 is 6.88. The van der Waals surface area contributed by atoms with Crippen molar-refractivity contribution in [3.8, 4) is 6.07 Å². The van der Waals surface area contributed by atoms with Crippen molar-refractivity contribution < 1.29 is 14.3 Å². The van der Waals surface area contributed by atoms with Gasteiger partial charge in [-0.2, -0.15) is 5.26 Å². The Morgan fingerprint density at radius 1 is 1.19 bits per heavy atom. The van der Waals surface area contributed by atoms with Gasteiger partial charge in [0, 0.05) is 5.69 Å². The molecule has 1 amide bonds. The van der Waals surface area contributed by atoms with Gasteiger partial charge in [0.05, 0.1) is 30.0 Å². The van der Waals surface area contributed by atoms with Gasteiger partial charge in [-0.15, -0.1) is 10.2 Å². The van der Waals surface area contributed by atoms with E-state index in [2.05, 4.69) is 21.6 Å². The maximum atomic E-state index is 12.7. The summed E-state index contributed by atoms with van der Waals surface area (Å²) in [4.78, 5) is 24.7. The molecule has 0 saturated heterocycles. The van der Waals surface area contributed by atoms with Gasteiger partial charge in [-0.05, 0) is 37.6 Å². The van der Waals surface area contributed by atoms with Gasteiger partial charge in [0.2, 0.25) is 5.91 Å². The molecule has 0 radical (unpaired) electrons. The number of thioether (sulfide) groups is 1. The molecule has 3 rings (SSSR count). The van der Waals surface area contributed by atoms with Gasteiger partial charge in [0.1, 0.15) is 12.2 Å². The number of rotatable bonds is 9. The summed E-state index contributed by atoms with van der Waals surface area (Å²) in [6.07, 6.45) is -0.00420. The summed E-state index contributed by atoms with van der Waals surface area (Å²) in [6, 6.07) is 18.5. The second kappa shape index (κ2) is 11.1. The number of esters is 1. The molecule has 0 spiro atoms. The van der Waals surface area contributed by atoms with E-state index in [1.807, 2.05) is 34.9 Å². The van der Waals surface area contributed by atoms with E-state index >= 15 is 0 Å². The number of ether oxygens (including phenoxy) is 1. The first-order valence-electron chi connectivity index (χ1n) is 10.1. The van der Waals surface area contributed by atoms with Gasteiger partial charge < -0.3 is 14.6 Å². The predicted octanol–water partition coefficient (Wildman–Crippen LogP) is 3.42. The number of nitrogens with one attached hydrogen (secondary N) is 1. The molecule has 9 heteroatoms. The molecule has 164 valence electrons.